The summed E-state index contributed by atoms with van der Waals surface area (Å²) in [7, 11) is 0. The van der Waals surface area contributed by atoms with Crippen LogP contribution < -0.4 is 10.2 Å². The van der Waals surface area contributed by atoms with Crippen LogP contribution in [0.25, 0.3) is 0 Å². The summed E-state index contributed by atoms with van der Waals surface area (Å²) in [5.74, 6) is 1.99. The van der Waals surface area contributed by atoms with Crippen LogP contribution in [0.5, 0.6) is 0 Å². The maximum atomic E-state index is 12.4. The van der Waals surface area contributed by atoms with Crippen molar-refractivity contribution >= 4 is 11.9 Å². The number of hydrogen-bond acceptors (Lipinski definition) is 5. The smallest absolute Gasteiger partial charge is 0.225 e. The van der Waals surface area contributed by atoms with Crippen molar-refractivity contribution in [2.75, 3.05) is 44.2 Å². The van der Waals surface area contributed by atoms with E-state index in [0.29, 0.717) is 0 Å². The number of nitrogens with one attached hydrogen (secondary N) is 1. The molecule has 25 heavy (non-hydrogen) atoms. The van der Waals surface area contributed by atoms with Crippen LogP contribution in [0.2, 0.25) is 0 Å². The fourth-order valence-electron chi connectivity index (χ4n) is 3.70. The van der Waals surface area contributed by atoms with Gasteiger partial charge < -0.3 is 15.1 Å². The fraction of sp³-hybridized carbons (Fsp3) is 0.737. The number of carbonyl (C=O) groups excluding carboxylic acids is 1. The van der Waals surface area contributed by atoms with Gasteiger partial charge in [0.15, 0.2) is 0 Å². The van der Waals surface area contributed by atoms with E-state index in [9.17, 15) is 4.79 Å². The Bertz CT molecular complexity index is 563. The van der Waals surface area contributed by atoms with E-state index in [2.05, 4.69) is 32.0 Å². The first-order chi connectivity index (χ1) is 12.1. The van der Waals surface area contributed by atoms with Gasteiger partial charge in [0.1, 0.15) is 0 Å². The summed E-state index contributed by atoms with van der Waals surface area (Å²) in [5, 5.41) is 3.14. The normalized spacial score (nSPS) is 20.6. The Morgan fingerprint density at radius 3 is 2.60 bits per heavy atom. The van der Waals surface area contributed by atoms with Crippen LogP contribution in [0.4, 0.5) is 5.95 Å². The Morgan fingerprint density at radius 2 is 1.92 bits per heavy atom. The predicted molar refractivity (Wildman–Crippen MR) is 99.6 cm³/mol. The van der Waals surface area contributed by atoms with E-state index in [1.165, 1.54) is 25.9 Å². The number of amides is 1. The lowest BCUT2D eigenvalue weighted by Crippen LogP contribution is -2.44. The van der Waals surface area contributed by atoms with Crippen molar-refractivity contribution in [2.24, 2.45) is 11.8 Å². The highest BCUT2D eigenvalue weighted by Crippen LogP contribution is 2.21. The molecule has 0 aromatic carbocycles. The molecule has 2 fully saturated rings. The molecule has 0 radical (unpaired) electrons. The zero-order chi connectivity index (χ0) is 17.6. The van der Waals surface area contributed by atoms with Crippen molar-refractivity contribution in [3.63, 3.8) is 0 Å². The second-order valence-electron chi connectivity index (χ2n) is 7.57. The van der Waals surface area contributed by atoms with Gasteiger partial charge in [-0.1, -0.05) is 6.92 Å². The van der Waals surface area contributed by atoms with E-state index in [1.807, 2.05) is 13.0 Å². The van der Waals surface area contributed by atoms with Crippen LogP contribution in [0.15, 0.2) is 12.3 Å². The highest BCUT2D eigenvalue weighted by Gasteiger charge is 2.26. The SMILES string of the molecule is Cc1ccnc(N2CCC(C(=O)NCCN3CCC(C)CC3)CC2)n1. The van der Waals surface area contributed by atoms with Crippen molar-refractivity contribution in [1.29, 1.82) is 0 Å². The van der Waals surface area contributed by atoms with Crippen molar-refractivity contribution in [1.82, 2.24) is 20.2 Å². The van der Waals surface area contributed by atoms with E-state index in [0.717, 1.165) is 56.6 Å². The van der Waals surface area contributed by atoms with E-state index in [1.54, 1.807) is 6.20 Å². The molecule has 0 bridgehead atoms. The van der Waals surface area contributed by atoms with Crippen LogP contribution in [0, 0.1) is 18.8 Å². The third kappa shape index (κ3) is 5.14. The average Bonchev–Trinajstić information content (AvgIpc) is 2.63. The molecule has 0 atom stereocenters. The summed E-state index contributed by atoms with van der Waals surface area (Å²) in [6.07, 6.45) is 6.13. The lowest BCUT2D eigenvalue weighted by molar-refractivity contribution is -0.125. The molecule has 6 nitrogen and oxygen atoms in total. The number of hydrogen-bond donors (Lipinski definition) is 1. The Hall–Kier alpha value is -1.69. The summed E-state index contributed by atoms with van der Waals surface area (Å²) in [4.78, 5) is 25.9. The molecule has 1 aromatic heterocycles. The van der Waals surface area contributed by atoms with E-state index < -0.39 is 0 Å². The second-order valence-corrected chi connectivity index (χ2v) is 7.57. The molecule has 0 aliphatic carbocycles. The maximum Gasteiger partial charge on any atom is 0.225 e. The topological polar surface area (TPSA) is 61.4 Å². The standard InChI is InChI=1S/C19H31N5O/c1-15-4-10-23(11-5-15)14-9-20-18(25)17-6-12-24(13-7-17)19-21-8-3-16(2)22-19/h3,8,15,17H,4-7,9-14H2,1-2H3,(H,20,25). The van der Waals surface area contributed by atoms with Gasteiger partial charge >= 0.3 is 0 Å². The third-order valence-corrected chi connectivity index (χ3v) is 5.53. The molecule has 3 heterocycles. The summed E-state index contributed by atoms with van der Waals surface area (Å²) in [5.41, 5.74) is 0.983. The number of rotatable bonds is 5. The van der Waals surface area contributed by atoms with E-state index in [4.69, 9.17) is 0 Å². The van der Waals surface area contributed by atoms with Crippen LogP contribution >= 0.6 is 0 Å². The molecule has 138 valence electrons. The van der Waals surface area contributed by atoms with Crippen molar-refractivity contribution in [3.8, 4) is 0 Å². The van der Waals surface area contributed by atoms with E-state index >= 15 is 0 Å². The van der Waals surface area contributed by atoms with Gasteiger partial charge in [-0.25, -0.2) is 9.97 Å². The van der Waals surface area contributed by atoms with Crippen molar-refractivity contribution < 1.29 is 4.79 Å². The van der Waals surface area contributed by atoms with Crippen LogP contribution in [0.1, 0.15) is 38.3 Å². The number of aryl methyl sites for hydroxylation is 1. The maximum absolute atomic E-state index is 12.4. The first-order valence-electron chi connectivity index (χ1n) is 9.66. The fourth-order valence-corrected chi connectivity index (χ4v) is 3.70. The monoisotopic (exact) mass is 345 g/mol. The molecule has 1 amide bonds. The number of carbonyl (C=O) groups is 1. The summed E-state index contributed by atoms with van der Waals surface area (Å²) >= 11 is 0. The van der Waals surface area contributed by atoms with Crippen molar-refractivity contribution in [3.05, 3.63) is 18.0 Å². The molecular formula is C19H31N5O. The molecular weight excluding hydrogens is 314 g/mol. The quantitative estimate of drug-likeness (QED) is 0.882. The number of aromatic nitrogens is 2. The van der Waals surface area contributed by atoms with Gasteiger partial charge in [0.25, 0.3) is 0 Å². The number of anilines is 1. The molecule has 2 aliphatic rings. The molecule has 3 rings (SSSR count). The Kier molecular flexibility index (Phi) is 6.24. The minimum atomic E-state index is 0.127. The summed E-state index contributed by atoms with van der Waals surface area (Å²) in [6.45, 7) is 10.1. The zero-order valence-corrected chi connectivity index (χ0v) is 15.6. The minimum Gasteiger partial charge on any atom is -0.355 e. The average molecular weight is 345 g/mol. The Labute approximate surface area is 151 Å². The first-order valence-corrected chi connectivity index (χ1v) is 9.66. The third-order valence-electron chi connectivity index (χ3n) is 5.53. The summed E-state index contributed by atoms with van der Waals surface area (Å²) < 4.78 is 0. The lowest BCUT2D eigenvalue weighted by Gasteiger charge is -2.32. The van der Waals surface area contributed by atoms with Gasteiger partial charge in [-0.05, 0) is 57.7 Å². The Balaban J connectivity index is 1.37. The molecule has 2 saturated heterocycles. The van der Waals surface area contributed by atoms with E-state index in [-0.39, 0.29) is 11.8 Å². The molecule has 1 aromatic rings. The number of likely N-dealkylation sites (tertiary alicyclic amines) is 1. The van der Waals surface area contributed by atoms with Gasteiger partial charge in [-0.3, -0.25) is 4.79 Å². The van der Waals surface area contributed by atoms with Crippen LogP contribution in [-0.4, -0.2) is 60.0 Å². The van der Waals surface area contributed by atoms with Gasteiger partial charge in [0, 0.05) is 44.0 Å². The summed E-state index contributed by atoms with van der Waals surface area (Å²) in [6, 6.07) is 1.91. The largest absolute Gasteiger partial charge is 0.355 e. The number of piperidine rings is 2. The van der Waals surface area contributed by atoms with Gasteiger partial charge in [0.05, 0.1) is 0 Å². The highest BCUT2D eigenvalue weighted by molar-refractivity contribution is 5.78. The first kappa shape index (κ1) is 18.1. The second kappa shape index (κ2) is 8.61. The predicted octanol–water partition coefficient (Wildman–Crippen LogP) is 1.85. The Morgan fingerprint density at radius 1 is 1.20 bits per heavy atom. The highest BCUT2D eigenvalue weighted by atomic mass is 16.1. The molecule has 0 spiro atoms. The number of nitrogens with zero attached hydrogens (tertiary/aromatic N) is 4. The molecule has 6 heteroatoms. The van der Waals surface area contributed by atoms with Crippen LogP contribution in [-0.2, 0) is 4.79 Å². The molecule has 0 saturated carbocycles. The van der Waals surface area contributed by atoms with Crippen molar-refractivity contribution in [2.45, 2.75) is 39.5 Å². The van der Waals surface area contributed by atoms with Gasteiger partial charge in [-0.2, -0.15) is 0 Å². The minimum absolute atomic E-state index is 0.127. The lowest BCUT2D eigenvalue weighted by atomic mass is 9.96. The molecule has 0 unspecified atom stereocenters. The van der Waals surface area contributed by atoms with Gasteiger partial charge in [-0.15, -0.1) is 0 Å². The molecule has 2 aliphatic heterocycles. The zero-order valence-electron chi connectivity index (χ0n) is 15.6. The van der Waals surface area contributed by atoms with Crippen LogP contribution in [0.3, 0.4) is 0 Å². The van der Waals surface area contributed by atoms with Gasteiger partial charge in [0.2, 0.25) is 11.9 Å². The molecule has 1 N–H and O–H groups in total.